The minimum atomic E-state index is -3.18. The molecule has 0 spiro atoms. The summed E-state index contributed by atoms with van der Waals surface area (Å²) >= 11 is 0. The molecule has 1 N–H and O–H groups in total. The number of unbranched alkanes of at least 4 members (excludes halogenated alkanes) is 1. The summed E-state index contributed by atoms with van der Waals surface area (Å²) in [5, 5.41) is 3.36. The third kappa shape index (κ3) is 6.60. The zero-order valence-electron chi connectivity index (χ0n) is 15.8. The minimum absolute atomic E-state index is 0.208. The molecule has 1 saturated heterocycles. The van der Waals surface area contributed by atoms with Crippen molar-refractivity contribution in [3.05, 3.63) is 24.3 Å². The number of nitrogens with one attached hydrogen (secondary N) is 1. The second-order valence-corrected chi connectivity index (χ2v) is 9.46. The van der Waals surface area contributed by atoms with Crippen LogP contribution >= 0.6 is 0 Å². The van der Waals surface area contributed by atoms with Gasteiger partial charge < -0.3 is 15.0 Å². The smallest absolute Gasteiger partial charge is 0.178 e. The summed E-state index contributed by atoms with van der Waals surface area (Å²) in [7, 11) is -3.18. The van der Waals surface area contributed by atoms with Crippen LogP contribution in [0.4, 0.5) is 0 Å². The molecule has 2 rings (SSSR count). The third-order valence-electron chi connectivity index (χ3n) is 4.58. The molecule has 0 atom stereocenters. The number of sulfone groups is 1. The van der Waals surface area contributed by atoms with Crippen LogP contribution in [0.3, 0.4) is 0 Å². The molecule has 25 heavy (non-hydrogen) atoms. The zero-order valence-corrected chi connectivity index (χ0v) is 16.6. The maximum Gasteiger partial charge on any atom is 0.178 e. The number of piperazine rings is 1. The number of ether oxygens (including phenoxy) is 1. The van der Waals surface area contributed by atoms with Crippen molar-refractivity contribution in [2.45, 2.75) is 50.5 Å². The quantitative estimate of drug-likeness (QED) is 0.726. The van der Waals surface area contributed by atoms with Gasteiger partial charge in [-0.2, -0.15) is 0 Å². The molecule has 0 amide bonds. The van der Waals surface area contributed by atoms with Crippen LogP contribution in [0.25, 0.3) is 0 Å². The van der Waals surface area contributed by atoms with Gasteiger partial charge in [0.15, 0.2) is 9.84 Å². The van der Waals surface area contributed by atoms with Gasteiger partial charge in [-0.1, -0.05) is 13.3 Å². The molecule has 1 aromatic carbocycles. The van der Waals surface area contributed by atoms with E-state index in [1.807, 2.05) is 6.92 Å². The van der Waals surface area contributed by atoms with E-state index in [2.05, 4.69) is 24.1 Å². The van der Waals surface area contributed by atoms with Crippen molar-refractivity contribution < 1.29 is 13.2 Å². The lowest BCUT2D eigenvalue weighted by Crippen LogP contribution is -2.45. The summed E-state index contributed by atoms with van der Waals surface area (Å²) in [6.45, 7) is 11.4. The van der Waals surface area contributed by atoms with Crippen LogP contribution in [-0.2, 0) is 9.84 Å². The van der Waals surface area contributed by atoms with Gasteiger partial charge in [0, 0.05) is 32.7 Å². The molecule has 0 unspecified atom stereocenters. The Morgan fingerprint density at radius 3 is 2.40 bits per heavy atom. The SMILES string of the molecule is CCCCS(=O)(=O)c1ccc(OC(C)(C)CCN2CCNCC2)cc1. The van der Waals surface area contributed by atoms with Gasteiger partial charge in [-0.15, -0.1) is 0 Å². The predicted octanol–water partition coefficient (Wildman–Crippen LogP) is 2.71. The van der Waals surface area contributed by atoms with Crippen LogP contribution in [0.15, 0.2) is 29.2 Å². The molecule has 6 heteroatoms. The fourth-order valence-corrected chi connectivity index (χ4v) is 4.35. The Morgan fingerprint density at radius 1 is 1.16 bits per heavy atom. The molecule has 0 bridgehead atoms. The van der Waals surface area contributed by atoms with E-state index >= 15 is 0 Å². The summed E-state index contributed by atoms with van der Waals surface area (Å²) in [6.07, 6.45) is 2.50. The van der Waals surface area contributed by atoms with Gasteiger partial charge in [-0.3, -0.25) is 0 Å². The van der Waals surface area contributed by atoms with E-state index in [1.165, 1.54) is 0 Å². The van der Waals surface area contributed by atoms with Crippen molar-refractivity contribution >= 4 is 9.84 Å². The maximum atomic E-state index is 12.2. The number of hydrogen-bond acceptors (Lipinski definition) is 5. The van der Waals surface area contributed by atoms with E-state index < -0.39 is 9.84 Å². The fourth-order valence-electron chi connectivity index (χ4n) is 2.90. The van der Waals surface area contributed by atoms with E-state index in [0.29, 0.717) is 11.3 Å². The van der Waals surface area contributed by atoms with Crippen LogP contribution in [0.2, 0.25) is 0 Å². The van der Waals surface area contributed by atoms with Crippen molar-refractivity contribution in [2.75, 3.05) is 38.5 Å². The molecular formula is C19H32N2O3S. The van der Waals surface area contributed by atoms with Crippen LogP contribution in [0, 0.1) is 0 Å². The first-order valence-corrected chi connectivity index (χ1v) is 10.9. The first-order chi connectivity index (χ1) is 11.8. The molecule has 0 aliphatic carbocycles. The molecule has 1 fully saturated rings. The minimum Gasteiger partial charge on any atom is -0.488 e. The first kappa shape index (κ1) is 20.2. The molecule has 1 heterocycles. The van der Waals surface area contributed by atoms with E-state index in [9.17, 15) is 8.42 Å². The monoisotopic (exact) mass is 368 g/mol. The lowest BCUT2D eigenvalue weighted by molar-refractivity contribution is 0.0808. The highest BCUT2D eigenvalue weighted by molar-refractivity contribution is 7.91. The average molecular weight is 369 g/mol. The molecule has 5 nitrogen and oxygen atoms in total. The van der Waals surface area contributed by atoms with Crippen LogP contribution in [-0.4, -0.2) is 57.4 Å². The van der Waals surface area contributed by atoms with Gasteiger partial charge in [-0.05, 0) is 51.0 Å². The van der Waals surface area contributed by atoms with Crippen molar-refractivity contribution in [1.82, 2.24) is 10.2 Å². The topological polar surface area (TPSA) is 58.6 Å². The highest BCUT2D eigenvalue weighted by Gasteiger charge is 2.22. The number of rotatable bonds is 9. The van der Waals surface area contributed by atoms with Crippen molar-refractivity contribution in [1.29, 1.82) is 0 Å². The Morgan fingerprint density at radius 2 is 1.80 bits per heavy atom. The van der Waals surface area contributed by atoms with Crippen LogP contribution in [0.5, 0.6) is 5.75 Å². The average Bonchev–Trinajstić information content (AvgIpc) is 2.59. The van der Waals surface area contributed by atoms with E-state index in [-0.39, 0.29) is 11.4 Å². The summed E-state index contributed by atoms with van der Waals surface area (Å²) in [5.74, 6) is 0.930. The first-order valence-electron chi connectivity index (χ1n) is 9.27. The zero-order chi connectivity index (χ0) is 18.3. The molecule has 1 aliphatic rings. The maximum absolute atomic E-state index is 12.2. The molecule has 0 saturated carbocycles. The van der Waals surface area contributed by atoms with Crippen molar-refractivity contribution in [3.8, 4) is 5.75 Å². The molecule has 0 aromatic heterocycles. The predicted molar refractivity (Wildman–Crippen MR) is 102 cm³/mol. The molecule has 1 aromatic rings. The Kier molecular flexibility index (Phi) is 7.28. The van der Waals surface area contributed by atoms with E-state index in [0.717, 1.165) is 51.3 Å². The molecule has 0 radical (unpaired) electrons. The Bertz CT molecular complexity index is 621. The van der Waals surface area contributed by atoms with Gasteiger partial charge in [0.25, 0.3) is 0 Å². The van der Waals surface area contributed by atoms with Gasteiger partial charge in [0.2, 0.25) is 0 Å². The Labute approximate surface area is 152 Å². The Hall–Kier alpha value is -1.11. The van der Waals surface area contributed by atoms with Gasteiger partial charge in [0.1, 0.15) is 11.4 Å². The lowest BCUT2D eigenvalue weighted by atomic mass is 10.0. The Balaban J connectivity index is 1.90. The second-order valence-electron chi connectivity index (χ2n) is 7.35. The van der Waals surface area contributed by atoms with Gasteiger partial charge >= 0.3 is 0 Å². The normalized spacial score (nSPS) is 16.8. The number of nitrogens with zero attached hydrogens (tertiary/aromatic N) is 1. The summed E-state index contributed by atoms with van der Waals surface area (Å²) in [5.41, 5.74) is -0.284. The van der Waals surface area contributed by atoms with Gasteiger partial charge in [-0.25, -0.2) is 8.42 Å². The standard InChI is InChI=1S/C19H32N2O3S/c1-4-5-16-25(22,23)18-8-6-17(7-9-18)24-19(2,3)10-13-21-14-11-20-12-15-21/h6-9,20H,4-5,10-16H2,1-3H3. The summed E-state index contributed by atoms with van der Waals surface area (Å²) in [4.78, 5) is 2.83. The fraction of sp³-hybridized carbons (Fsp3) is 0.684. The number of benzene rings is 1. The molecule has 1 aliphatic heterocycles. The van der Waals surface area contributed by atoms with E-state index in [4.69, 9.17) is 4.74 Å². The third-order valence-corrected chi connectivity index (χ3v) is 6.40. The van der Waals surface area contributed by atoms with Crippen LogP contribution in [0.1, 0.15) is 40.0 Å². The lowest BCUT2D eigenvalue weighted by Gasteiger charge is -2.32. The van der Waals surface area contributed by atoms with Crippen molar-refractivity contribution in [3.63, 3.8) is 0 Å². The number of hydrogen-bond donors (Lipinski definition) is 1. The largest absolute Gasteiger partial charge is 0.488 e. The van der Waals surface area contributed by atoms with E-state index in [1.54, 1.807) is 24.3 Å². The highest BCUT2D eigenvalue weighted by atomic mass is 32.2. The summed E-state index contributed by atoms with van der Waals surface area (Å²) in [6, 6.07) is 6.86. The van der Waals surface area contributed by atoms with Crippen molar-refractivity contribution in [2.24, 2.45) is 0 Å². The van der Waals surface area contributed by atoms with Gasteiger partial charge in [0.05, 0.1) is 10.6 Å². The van der Waals surface area contributed by atoms with Crippen LogP contribution < -0.4 is 10.1 Å². The molecular weight excluding hydrogens is 336 g/mol. The highest BCUT2D eigenvalue weighted by Crippen LogP contribution is 2.24. The second kappa shape index (κ2) is 9.01. The molecule has 142 valence electrons. The summed E-state index contributed by atoms with van der Waals surface area (Å²) < 4.78 is 30.5.